The number of hydrogen-bond donors (Lipinski definition) is 0. The van der Waals surface area contributed by atoms with Crippen LogP contribution in [0, 0.1) is 10.1 Å². The number of carbonyl (C=O) groups excluding carboxylic acids is 1. The van der Waals surface area contributed by atoms with E-state index >= 15 is 0 Å². The summed E-state index contributed by atoms with van der Waals surface area (Å²) in [6.07, 6.45) is 1.69. The zero-order valence-electron chi connectivity index (χ0n) is 16.0. The Morgan fingerprint density at radius 2 is 1.83 bits per heavy atom. The Kier molecular flexibility index (Phi) is 6.12. The molecule has 29 heavy (non-hydrogen) atoms. The minimum absolute atomic E-state index is 0.00309. The molecule has 0 N–H and O–H groups in total. The summed E-state index contributed by atoms with van der Waals surface area (Å²) in [4.78, 5) is 31.0. The van der Waals surface area contributed by atoms with Gasteiger partial charge in [-0.15, -0.1) is 0 Å². The molecule has 3 rings (SSSR count). The number of pyridine rings is 1. The third-order valence-electron chi connectivity index (χ3n) is 4.76. The molecule has 1 aliphatic heterocycles. The van der Waals surface area contributed by atoms with Gasteiger partial charge in [-0.05, 0) is 24.6 Å². The molecule has 1 amide bonds. The Balaban J connectivity index is 1.72. The first-order chi connectivity index (χ1) is 13.8. The van der Waals surface area contributed by atoms with Crippen molar-refractivity contribution >= 4 is 27.2 Å². The highest BCUT2D eigenvalue weighted by Gasteiger charge is 2.27. The molecule has 0 atom stereocenters. The number of carbonyl (C=O) groups is 1. The number of benzene rings is 1. The quantitative estimate of drug-likeness (QED) is 0.521. The summed E-state index contributed by atoms with van der Waals surface area (Å²) >= 11 is 0. The average Bonchev–Trinajstić information content (AvgIpc) is 2.73. The summed E-state index contributed by atoms with van der Waals surface area (Å²) in [5, 5.41) is 10.7. The van der Waals surface area contributed by atoms with Crippen LogP contribution < -0.4 is 4.90 Å². The van der Waals surface area contributed by atoms with E-state index in [2.05, 4.69) is 4.98 Å². The van der Waals surface area contributed by atoms with Crippen molar-refractivity contribution in [2.75, 3.05) is 36.8 Å². The van der Waals surface area contributed by atoms with Gasteiger partial charge >= 0.3 is 0 Å². The lowest BCUT2D eigenvalue weighted by Gasteiger charge is -2.35. The van der Waals surface area contributed by atoms with Crippen molar-refractivity contribution in [1.29, 1.82) is 0 Å². The van der Waals surface area contributed by atoms with Crippen LogP contribution in [0.15, 0.2) is 47.5 Å². The van der Waals surface area contributed by atoms with Crippen LogP contribution in [-0.2, 0) is 9.84 Å². The van der Waals surface area contributed by atoms with Crippen molar-refractivity contribution in [3.05, 3.63) is 58.3 Å². The summed E-state index contributed by atoms with van der Waals surface area (Å²) in [6.45, 7) is 3.59. The fourth-order valence-corrected chi connectivity index (χ4v) is 4.81. The van der Waals surface area contributed by atoms with Crippen LogP contribution in [0.1, 0.15) is 23.7 Å². The first-order valence-corrected chi connectivity index (χ1v) is 10.9. The van der Waals surface area contributed by atoms with E-state index in [0.29, 0.717) is 38.4 Å². The summed E-state index contributed by atoms with van der Waals surface area (Å²) in [5.41, 5.74) is 0.121. The summed E-state index contributed by atoms with van der Waals surface area (Å²) in [5.74, 6) is 0.293. The van der Waals surface area contributed by atoms with Gasteiger partial charge in [0.1, 0.15) is 12.0 Å². The molecule has 2 aromatic rings. The Hall–Kier alpha value is -3.01. The minimum atomic E-state index is -3.51. The SMILES string of the molecule is CCCS(=O)(=O)c1ccccc1C(=O)N1CCN(c2ccc([N+](=O)[O-])cn2)CC1. The fraction of sp³-hybridized carbons (Fsp3) is 0.368. The standard InChI is InChI=1S/C19H22N4O5S/c1-2-13-29(27,28)17-6-4-3-5-16(17)19(24)22-11-9-21(10-12-22)18-8-7-15(14-20-18)23(25)26/h3-8,14H,2,9-13H2,1H3. The minimum Gasteiger partial charge on any atom is -0.353 e. The maximum atomic E-state index is 13.0. The van der Waals surface area contributed by atoms with Crippen LogP contribution in [0.2, 0.25) is 0 Å². The van der Waals surface area contributed by atoms with Crippen LogP contribution in [0.25, 0.3) is 0 Å². The number of aromatic nitrogens is 1. The van der Waals surface area contributed by atoms with E-state index in [1.807, 2.05) is 4.90 Å². The van der Waals surface area contributed by atoms with Gasteiger partial charge in [0.05, 0.1) is 21.1 Å². The first kappa shape index (κ1) is 20.7. The zero-order valence-corrected chi connectivity index (χ0v) is 16.8. The monoisotopic (exact) mass is 418 g/mol. The summed E-state index contributed by atoms with van der Waals surface area (Å²) in [7, 11) is -3.51. The maximum Gasteiger partial charge on any atom is 0.287 e. The molecule has 0 spiro atoms. The van der Waals surface area contributed by atoms with Crippen LogP contribution in [-0.4, -0.2) is 61.1 Å². The van der Waals surface area contributed by atoms with Gasteiger partial charge in [-0.1, -0.05) is 19.1 Å². The third kappa shape index (κ3) is 4.53. The predicted octanol–water partition coefficient (Wildman–Crippen LogP) is 2.14. The molecule has 0 aliphatic carbocycles. The zero-order chi connectivity index (χ0) is 21.0. The number of piperazine rings is 1. The summed E-state index contributed by atoms with van der Waals surface area (Å²) < 4.78 is 25.0. The van der Waals surface area contributed by atoms with Crippen molar-refractivity contribution in [2.24, 2.45) is 0 Å². The molecule has 0 saturated carbocycles. The van der Waals surface area contributed by atoms with E-state index in [0.717, 1.165) is 0 Å². The van der Waals surface area contributed by atoms with Gasteiger partial charge in [0, 0.05) is 32.2 Å². The number of nitro groups is 1. The molecule has 2 heterocycles. The second kappa shape index (κ2) is 8.56. The predicted molar refractivity (Wildman–Crippen MR) is 108 cm³/mol. The van der Waals surface area contributed by atoms with Gasteiger partial charge in [-0.3, -0.25) is 14.9 Å². The smallest absolute Gasteiger partial charge is 0.287 e. The van der Waals surface area contributed by atoms with Gasteiger partial charge < -0.3 is 9.80 Å². The number of anilines is 1. The van der Waals surface area contributed by atoms with E-state index in [9.17, 15) is 23.3 Å². The molecule has 0 bridgehead atoms. The molecule has 1 aliphatic rings. The van der Waals surface area contributed by atoms with E-state index < -0.39 is 14.8 Å². The highest BCUT2D eigenvalue weighted by Crippen LogP contribution is 2.22. The van der Waals surface area contributed by atoms with Crippen LogP contribution >= 0.6 is 0 Å². The van der Waals surface area contributed by atoms with Crippen LogP contribution in [0.5, 0.6) is 0 Å². The molecule has 1 aromatic heterocycles. The van der Waals surface area contributed by atoms with E-state index in [-0.39, 0.29) is 27.8 Å². The maximum absolute atomic E-state index is 13.0. The van der Waals surface area contributed by atoms with Crippen molar-refractivity contribution in [2.45, 2.75) is 18.2 Å². The lowest BCUT2D eigenvalue weighted by Crippen LogP contribution is -2.49. The highest BCUT2D eigenvalue weighted by atomic mass is 32.2. The topological polar surface area (TPSA) is 114 Å². The van der Waals surface area contributed by atoms with Crippen LogP contribution in [0.4, 0.5) is 11.5 Å². The number of hydrogen-bond acceptors (Lipinski definition) is 7. The Bertz CT molecular complexity index is 1000. The molecule has 0 radical (unpaired) electrons. The van der Waals surface area contributed by atoms with Gasteiger partial charge in [-0.2, -0.15) is 0 Å². The Morgan fingerprint density at radius 3 is 2.41 bits per heavy atom. The van der Waals surface area contributed by atoms with Gasteiger partial charge in [0.2, 0.25) is 0 Å². The van der Waals surface area contributed by atoms with Crippen LogP contribution in [0.3, 0.4) is 0 Å². The number of nitrogens with zero attached hydrogens (tertiary/aromatic N) is 4. The van der Waals surface area contributed by atoms with Gasteiger partial charge in [-0.25, -0.2) is 13.4 Å². The Labute approximate surface area is 169 Å². The number of rotatable bonds is 6. The molecule has 9 nitrogen and oxygen atoms in total. The summed E-state index contributed by atoms with van der Waals surface area (Å²) in [6, 6.07) is 9.30. The normalized spacial score (nSPS) is 14.7. The second-order valence-electron chi connectivity index (χ2n) is 6.73. The molecule has 1 fully saturated rings. The molecule has 154 valence electrons. The Morgan fingerprint density at radius 1 is 1.14 bits per heavy atom. The molecule has 1 saturated heterocycles. The fourth-order valence-electron chi connectivity index (χ4n) is 3.28. The lowest BCUT2D eigenvalue weighted by molar-refractivity contribution is -0.385. The van der Waals surface area contributed by atoms with E-state index in [1.54, 1.807) is 36.1 Å². The van der Waals surface area contributed by atoms with Crippen molar-refractivity contribution in [1.82, 2.24) is 9.88 Å². The van der Waals surface area contributed by atoms with E-state index in [1.165, 1.54) is 18.3 Å². The van der Waals surface area contributed by atoms with Crippen molar-refractivity contribution in [3.63, 3.8) is 0 Å². The van der Waals surface area contributed by atoms with Crippen molar-refractivity contribution < 1.29 is 18.1 Å². The van der Waals surface area contributed by atoms with E-state index in [4.69, 9.17) is 0 Å². The molecule has 10 heteroatoms. The number of amides is 1. The van der Waals surface area contributed by atoms with Crippen molar-refractivity contribution in [3.8, 4) is 0 Å². The van der Waals surface area contributed by atoms with Gasteiger partial charge in [0.15, 0.2) is 9.84 Å². The molecule has 0 unspecified atom stereocenters. The molecule has 1 aromatic carbocycles. The lowest BCUT2D eigenvalue weighted by atomic mass is 10.2. The molecular formula is C19H22N4O5S. The third-order valence-corrected chi connectivity index (χ3v) is 6.73. The second-order valence-corrected chi connectivity index (χ2v) is 8.80. The first-order valence-electron chi connectivity index (χ1n) is 9.30. The number of sulfone groups is 1. The largest absolute Gasteiger partial charge is 0.353 e. The molecular weight excluding hydrogens is 396 g/mol. The average molecular weight is 418 g/mol. The highest BCUT2D eigenvalue weighted by molar-refractivity contribution is 7.91. The van der Waals surface area contributed by atoms with Gasteiger partial charge in [0.25, 0.3) is 11.6 Å².